The van der Waals surface area contributed by atoms with E-state index in [2.05, 4.69) is 155 Å². The molecule has 0 saturated carbocycles. The van der Waals surface area contributed by atoms with E-state index in [9.17, 15) is 0 Å². The minimum atomic E-state index is 0.00281. The van der Waals surface area contributed by atoms with E-state index in [4.69, 9.17) is 11.6 Å². The topological polar surface area (TPSA) is 33.1 Å². The van der Waals surface area contributed by atoms with Crippen molar-refractivity contribution in [2.24, 2.45) is 0 Å². The van der Waals surface area contributed by atoms with Gasteiger partial charge >= 0.3 is 0 Å². The third kappa shape index (κ3) is 3.67. The molecule has 2 aromatic heterocycles. The lowest BCUT2D eigenvalue weighted by molar-refractivity contribution is 0.538. The number of benzene rings is 5. The zero-order chi connectivity index (χ0) is 29.2. The van der Waals surface area contributed by atoms with E-state index in [1.54, 1.807) is 0 Å². The van der Waals surface area contributed by atoms with Crippen molar-refractivity contribution in [1.82, 2.24) is 14.9 Å². The molecule has 7 aromatic rings. The van der Waals surface area contributed by atoms with Crippen molar-refractivity contribution in [2.45, 2.75) is 18.6 Å². The highest BCUT2D eigenvalue weighted by molar-refractivity contribution is 6.05. The van der Waals surface area contributed by atoms with Crippen LogP contribution in [-0.2, 0) is 6.42 Å². The Morgan fingerprint density at radius 1 is 0.705 bits per heavy atom. The Morgan fingerprint density at radius 2 is 1.36 bits per heavy atom. The summed E-state index contributed by atoms with van der Waals surface area (Å²) < 4.78 is 2.39. The Labute approximate surface area is 256 Å². The van der Waals surface area contributed by atoms with E-state index in [1.807, 2.05) is 0 Å². The van der Waals surface area contributed by atoms with Gasteiger partial charge in [-0.25, -0.2) is 4.98 Å². The number of nitrogens with zero attached hydrogens (tertiary/aromatic N) is 3. The molecule has 2 atom stereocenters. The summed E-state index contributed by atoms with van der Waals surface area (Å²) in [4.78, 5) is 7.55. The summed E-state index contributed by atoms with van der Waals surface area (Å²) in [5.41, 5.74) is 11.8. The molecule has 210 valence electrons. The highest BCUT2D eigenvalue weighted by atomic mass is 15.3. The molecule has 0 saturated heterocycles. The van der Waals surface area contributed by atoms with Crippen LogP contribution >= 0.6 is 0 Å². The van der Waals surface area contributed by atoms with Gasteiger partial charge < -0.3 is 14.8 Å². The highest BCUT2D eigenvalue weighted by Crippen LogP contribution is 2.46. The molecule has 5 aromatic carbocycles. The van der Waals surface area contributed by atoms with Gasteiger partial charge in [0.05, 0.1) is 28.3 Å². The second kappa shape index (κ2) is 9.72. The van der Waals surface area contributed by atoms with Crippen LogP contribution in [0.5, 0.6) is 0 Å². The lowest BCUT2D eigenvalue weighted by atomic mass is 9.96. The average molecular weight is 567 g/mol. The summed E-state index contributed by atoms with van der Waals surface area (Å²) >= 11 is 0. The molecule has 44 heavy (non-hydrogen) atoms. The number of rotatable bonds is 4. The largest absolute Gasteiger partial charge is 0.367 e. The Hall–Kier alpha value is -5.61. The monoisotopic (exact) mass is 566 g/mol. The normalized spacial score (nSPS) is 17.3. The predicted molar refractivity (Wildman–Crippen MR) is 183 cm³/mol. The van der Waals surface area contributed by atoms with Gasteiger partial charge in [0, 0.05) is 39.2 Å². The first-order valence-corrected chi connectivity index (χ1v) is 15.2. The lowest BCUT2D eigenvalue weighted by Gasteiger charge is -2.38. The first kappa shape index (κ1) is 24.9. The fourth-order valence-electron chi connectivity index (χ4n) is 7.37. The van der Waals surface area contributed by atoms with E-state index >= 15 is 0 Å². The van der Waals surface area contributed by atoms with Gasteiger partial charge in [0.25, 0.3) is 0 Å². The number of para-hydroxylation sites is 4. The van der Waals surface area contributed by atoms with Crippen LogP contribution < -0.4 is 10.2 Å². The van der Waals surface area contributed by atoms with Crippen LogP contribution in [0.15, 0.2) is 140 Å². The van der Waals surface area contributed by atoms with E-state index in [-0.39, 0.29) is 12.2 Å². The predicted octanol–water partition coefficient (Wildman–Crippen LogP) is 9.05. The van der Waals surface area contributed by atoms with Crippen LogP contribution in [-0.4, -0.2) is 15.6 Å². The van der Waals surface area contributed by atoms with Gasteiger partial charge in [-0.05, 0) is 59.7 Å². The van der Waals surface area contributed by atoms with Gasteiger partial charge in [-0.15, -0.1) is 0 Å². The Kier molecular flexibility index (Phi) is 5.51. The standard InChI is InChI=1S/C40H30N4/c1-26-29-13-6-11-21-37(29)44(40-31-15-3-2-12-27(31)22-23-41-40)38(26)24-28-25-43(36-20-10-7-14-30(28)36)39-32-16-4-8-18-34(32)42-35-19-9-5-17-33(35)39/h2-23,25,38,40-41H,1,24H2. The van der Waals surface area contributed by atoms with Crippen molar-refractivity contribution in [3.63, 3.8) is 0 Å². The van der Waals surface area contributed by atoms with Crippen molar-refractivity contribution >= 4 is 50.0 Å². The van der Waals surface area contributed by atoms with Gasteiger partial charge in [-0.3, -0.25) is 0 Å². The first-order valence-electron chi connectivity index (χ1n) is 15.2. The fourth-order valence-corrected chi connectivity index (χ4v) is 7.37. The maximum absolute atomic E-state index is 5.00. The van der Waals surface area contributed by atoms with Crippen LogP contribution in [0.4, 0.5) is 5.69 Å². The summed E-state index contributed by atoms with van der Waals surface area (Å²) in [5.74, 6) is 0. The molecule has 0 bridgehead atoms. The average Bonchev–Trinajstić information content (AvgIpc) is 3.58. The zero-order valence-electron chi connectivity index (χ0n) is 24.2. The fraction of sp³-hybridized carbons (Fsp3) is 0.0750. The molecule has 0 amide bonds. The molecule has 4 nitrogen and oxygen atoms in total. The number of hydrogen-bond acceptors (Lipinski definition) is 3. The molecule has 2 aliphatic rings. The SMILES string of the molecule is C=C1c2ccccc2N(C2NC=Cc3ccccc32)C1Cc1cn(-c2c3ccccc3nc3ccccc23)c2ccccc12. The summed E-state index contributed by atoms with van der Waals surface area (Å²) in [6.07, 6.45) is 7.43. The summed E-state index contributed by atoms with van der Waals surface area (Å²) in [7, 11) is 0. The van der Waals surface area contributed by atoms with Crippen LogP contribution in [0.25, 0.3) is 50.0 Å². The summed E-state index contributed by atoms with van der Waals surface area (Å²) in [6, 6.07) is 43.2. The summed E-state index contributed by atoms with van der Waals surface area (Å²) in [6.45, 7) is 4.70. The van der Waals surface area contributed by atoms with Crippen molar-refractivity contribution in [3.05, 3.63) is 163 Å². The number of aromatic nitrogens is 2. The maximum atomic E-state index is 5.00. The van der Waals surface area contributed by atoms with Crippen LogP contribution in [0.3, 0.4) is 0 Å². The molecule has 0 fully saturated rings. The van der Waals surface area contributed by atoms with E-state index in [1.165, 1.54) is 44.5 Å². The van der Waals surface area contributed by atoms with Crippen LogP contribution in [0.1, 0.15) is 28.4 Å². The number of nitrogens with one attached hydrogen (secondary N) is 1. The minimum Gasteiger partial charge on any atom is -0.367 e. The molecule has 0 spiro atoms. The second-order valence-corrected chi connectivity index (χ2v) is 11.7. The van der Waals surface area contributed by atoms with E-state index < -0.39 is 0 Å². The van der Waals surface area contributed by atoms with Gasteiger partial charge in [-0.2, -0.15) is 0 Å². The molecule has 0 aliphatic carbocycles. The molecular weight excluding hydrogens is 536 g/mol. The summed E-state index contributed by atoms with van der Waals surface area (Å²) in [5, 5.41) is 7.25. The molecule has 9 rings (SSSR count). The van der Waals surface area contributed by atoms with Gasteiger partial charge in [-0.1, -0.05) is 104 Å². The van der Waals surface area contributed by atoms with E-state index in [0.717, 1.165) is 33.8 Å². The Morgan fingerprint density at radius 3 is 2.18 bits per heavy atom. The molecule has 4 heterocycles. The Bertz CT molecular complexity index is 2240. The third-order valence-corrected chi connectivity index (χ3v) is 9.36. The number of anilines is 1. The van der Waals surface area contributed by atoms with Crippen LogP contribution in [0, 0.1) is 0 Å². The van der Waals surface area contributed by atoms with Gasteiger partial charge in [0.2, 0.25) is 0 Å². The van der Waals surface area contributed by atoms with Gasteiger partial charge in [0.15, 0.2) is 0 Å². The molecule has 2 aliphatic heterocycles. The van der Waals surface area contributed by atoms with Crippen molar-refractivity contribution in [1.29, 1.82) is 0 Å². The number of fused-ring (bicyclic) bond motifs is 5. The zero-order valence-corrected chi connectivity index (χ0v) is 24.2. The van der Waals surface area contributed by atoms with Gasteiger partial charge in [0.1, 0.15) is 6.17 Å². The quantitative estimate of drug-likeness (QED) is 0.216. The lowest BCUT2D eigenvalue weighted by Crippen LogP contribution is -2.43. The maximum Gasteiger partial charge on any atom is 0.126 e. The smallest absolute Gasteiger partial charge is 0.126 e. The molecule has 2 unspecified atom stereocenters. The molecule has 1 N–H and O–H groups in total. The van der Waals surface area contributed by atoms with Crippen molar-refractivity contribution in [3.8, 4) is 5.69 Å². The van der Waals surface area contributed by atoms with Crippen LogP contribution in [0.2, 0.25) is 0 Å². The minimum absolute atomic E-state index is 0.00281. The molecule has 0 radical (unpaired) electrons. The van der Waals surface area contributed by atoms with Crippen molar-refractivity contribution in [2.75, 3.05) is 4.90 Å². The Balaban J connectivity index is 1.23. The highest BCUT2D eigenvalue weighted by Gasteiger charge is 2.39. The number of pyridine rings is 1. The molecule has 4 heteroatoms. The van der Waals surface area contributed by atoms with E-state index in [0.29, 0.717) is 0 Å². The second-order valence-electron chi connectivity index (χ2n) is 11.7. The van der Waals surface area contributed by atoms with Crippen molar-refractivity contribution < 1.29 is 0 Å². The third-order valence-electron chi connectivity index (χ3n) is 9.36. The molecular formula is C40H30N4. The number of hydrogen-bond donors (Lipinski definition) is 1. The first-order chi connectivity index (χ1) is 21.8.